The van der Waals surface area contributed by atoms with Crippen LogP contribution in [0.5, 0.6) is 0 Å². The van der Waals surface area contributed by atoms with Gasteiger partial charge in [-0.2, -0.15) is 0 Å². The molecule has 2 N–H and O–H groups in total. The van der Waals surface area contributed by atoms with Gasteiger partial charge in [0.05, 0.1) is 35.2 Å². The second-order valence-electron chi connectivity index (χ2n) is 6.35. The fraction of sp³-hybridized carbons (Fsp3) is 0.529. The van der Waals surface area contributed by atoms with Crippen LogP contribution >= 0.6 is 11.3 Å². The first kappa shape index (κ1) is 16.8. The molecular formula is C17H23N5OS. The van der Waals surface area contributed by atoms with Gasteiger partial charge in [-0.15, -0.1) is 11.3 Å². The van der Waals surface area contributed by atoms with Crippen LogP contribution in [-0.4, -0.2) is 38.8 Å². The third-order valence-corrected chi connectivity index (χ3v) is 5.24. The molecular weight excluding hydrogens is 322 g/mol. The van der Waals surface area contributed by atoms with Gasteiger partial charge >= 0.3 is 0 Å². The minimum Gasteiger partial charge on any atom is -0.382 e. The molecule has 1 atom stereocenters. The van der Waals surface area contributed by atoms with Crippen LogP contribution in [0.2, 0.25) is 0 Å². The van der Waals surface area contributed by atoms with E-state index in [1.807, 2.05) is 17.2 Å². The number of aryl methyl sites for hydroxylation is 1. The van der Waals surface area contributed by atoms with Gasteiger partial charge in [0.15, 0.2) is 0 Å². The molecule has 2 aromatic rings. The normalized spacial score (nSPS) is 18.4. The number of rotatable bonds is 4. The van der Waals surface area contributed by atoms with E-state index in [1.54, 1.807) is 23.7 Å². The Morgan fingerprint density at radius 2 is 2.17 bits per heavy atom. The smallest absolute Gasteiger partial charge is 0.228 e. The van der Waals surface area contributed by atoms with Crippen molar-refractivity contribution in [1.82, 2.24) is 19.9 Å². The lowest BCUT2D eigenvalue weighted by Gasteiger charge is -2.20. The van der Waals surface area contributed by atoms with Gasteiger partial charge in [0, 0.05) is 18.5 Å². The van der Waals surface area contributed by atoms with Crippen molar-refractivity contribution >= 4 is 23.1 Å². The number of aromatic nitrogens is 3. The second-order valence-corrected chi connectivity index (χ2v) is 7.41. The summed E-state index contributed by atoms with van der Waals surface area (Å²) in [5, 5.41) is 2.99. The first-order valence-electron chi connectivity index (χ1n) is 8.35. The van der Waals surface area contributed by atoms with Crippen LogP contribution in [-0.2, 0) is 17.6 Å². The summed E-state index contributed by atoms with van der Waals surface area (Å²) in [4.78, 5) is 27.3. The zero-order valence-corrected chi connectivity index (χ0v) is 14.8. The van der Waals surface area contributed by atoms with Crippen LogP contribution in [0.25, 0.3) is 0 Å². The molecule has 1 aliphatic rings. The molecule has 0 aromatic carbocycles. The number of nitrogens with two attached hydrogens (primary N) is 1. The molecule has 2 aromatic heterocycles. The van der Waals surface area contributed by atoms with Crippen molar-refractivity contribution in [1.29, 1.82) is 0 Å². The zero-order valence-electron chi connectivity index (χ0n) is 13.9. The van der Waals surface area contributed by atoms with Crippen molar-refractivity contribution < 1.29 is 4.79 Å². The zero-order chi connectivity index (χ0) is 16.9. The number of hydrogen-bond donors (Lipinski definition) is 1. The number of nitrogens with zero attached hydrogens (tertiary/aromatic N) is 4. The lowest BCUT2D eigenvalue weighted by Crippen LogP contribution is -2.33. The number of nitrogen functional groups attached to an aromatic ring is 1. The molecule has 0 saturated carbocycles. The molecule has 1 unspecified atom stereocenters. The van der Waals surface area contributed by atoms with Gasteiger partial charge in [0.1, 0.15) is 5.82 Å². The monoisotopic (exact) mass is 345 g/mol. The Balaban J connectivity index is 1.52. The molecule has 1 saturated heterocycles. The lowest BCUT2D eigenvalue weighted by molar-refractivity contribution is -0.130. The van der Waals surface area contributed by atoms with E-state index >= 15 is 0 Å². The summed E-state index contributed by atoms with van der Waals surface area (Å²) < 4.78 is 0. The minimum absolute atomic E-state index is 0.188. The number of carbonyl (C=O) groups is 1. The maximum absolute atomic E-state index is 12.5. The molecule has 3 rings (SSSR count). The van der Waals surface area contributed by atoms with Crippen LogP contribution in [0.4, 0.5) is 5.82 Å². The largest absolute Gasteiger partial charge is 0.382 e. The molecule has 6 nitrogen and oxygen atoms in total. The Morgan fingerprint density at radius 1 is 1.29 bits per heavy atom. The summed E-state index contributed by atoms with van der Waals surface area (Å²) in [6.07, 6.45) is 7.85. The molecule has 7 heteroatoms. The molecule has 3 heterocycles. The molecule has 128 valence electrons. The Hall–Kier alpha value is -2.02. The molecule has 1 amide bonds. The number of anilines is 1. The predicted octanol–water partition coefficient (Wildman–Crippen LogP) is 2.24. The standard InChI is InChI=1S/C17H23N5OS/c1-12-21-15(11-24-12)8-17(23)22-5-2-3-13(4-6-22)7-14-9-20-16(18)10-19-14/h9-11,13H,2-8H2,1H3,(H2,18,20). The summed E-state index contributed by atoms with van der Waals surface area (Å²) in [6, 6.07) is 0. The number of carbonyl (C=O) groups excluding carboxylic acids is 1. The highest BCUT2D eigenvalue weighted by molar-refractivity contribution is 7.09. The highest BCUT2D eigenvalue weighted by Crippen LogP contribution is 2.22. The summed E-state index contributed by atoms with van der Waals surface area (Å²) in [6.45, 7) is 3.62. The first-order valence-corrected chi connectivity index (χ1v) is 9.23. The van der Waals surface area contributed by atoms with Crippen LogP contribution in [0.15, 0.2) is 17.8 Å². The highest BCUT2D eigenvalue weighted by Gasteiger charge is 2.21. The van der Waals surface area contributed by atoms with Crippen molar-refractivity contribution in [3.63, 3.8) is 0 Å². The van der Waals surface area contributed by atoms with Crippen molar-refractivity contribution in [3.05, 3.63) is 34.2 Å². The Kier molecular flexibility index (Phi) is 5.40. The molecule has 1 aliphatic heterocycles. The van der Waals surface area contributed by atoms with Gasteiger partial charge in [-0.05, 0) is 38.5 Å². The second kappa shape index (κ2) is 7.70. The minimum atomic E-state index is 0.188. The van der Waals surface area contributed by atoms with E-state index in [0.717, 1.165) is 55.2 Å². The van der Waals surface area contributed by atoms with Crippen LogP contribution in [0.3, 0.4) is 0 Å². The number of amides is 1. The van der Waals surface area contributed by atoms with E-state index in [9.17, 15) is 4.79 Å². The topological polar surface area (TPSA) is 85.0 Å². The van der Waals surface area contributed by atoms with E-state index < -0.39 is 0 Å². The highest BCUT2D eigenvalue weighted by atomic mass is 32.1. The van der Waals surface area contributed by atoms with Crippen molar-refractivity contribution in [3.8, 4) is 0 Å². The van der Waals surface area contributed by atoms with Crippen LogP contribution in [0, 0.1) is 12.8 Å². The molecule has 1 fully saturated rings. The van der Waals surface area contributed by atoms with E-state index in [0.29, 0.717) is 18.2 Å². The number of hydrogen-bond acceptors (Lipinski definition) is 6. The van der Waals surface area contributed by atoms with Gasteiger partial charge in [0.25, 0.3) is 0 Å². The molecule has 0 bridgehead atoms. The quantitative estimate of drug-likeness (QED) is 0.918. The van der Waals surface area contributed by atoms with E-state index in [1.165, 1.54) is 0 Å². The Bertz CT molecular complexity index is 685. The average Bonchev–Trinajstić information content (AvgIpc) is 2.83. The van der Waals surface area contributed by atoms with E-state index in [2.05, 4.69) is 15.0 Å². The maximum atomic E-state index is 12.5. The number of thiazole rings is 1. The summed E-state index contributed by atoms with van der Waals surface area (Å²) in [5.74, 6) is 1.18. The van der Waals surface area contributed by atoms with Gasteiger partial charge in [0.2, 0.25) is 5.91 Å². The van der Waals surface area contributed by atoms with Gasteiger partial charge in [-0.3, -0.25) is 9.78 Å². The molecule has 0 radical (unpaired) electrons. The van der Waals surface area contributed by atoms with E-state index in [-0.39, 0.29) is 5.91 Å². The van der Waals surface area contributed by atoms with Crippen molar-refractivity contribution in [2.75, 3.05) is 18.8 Å². The van der Waals surface area contributed by atoms with Crippen molar-refractivity contribution in [2.45, 2.75) is 39.0 Å². The SMILES string of the molecule is Cc1nc(CC(=O)N2CCCC(Cc3cnc(N)cn3)CC2)cs1. The lowest BCUT2D eigenvalue weighted by atomic mass is 9.95. The first-order chi connectivity index (χ1) is 11.6. The van der Waals surface area contributed by atoms with Crippen molar-refractivity contribution in [2.24, 2.45) is 5.92 Å². The molecule has 0 aliphatic carbocycles. The van der Waals surface area contributed by atoms with Gasteiger partial charge in [-0.25, -0.2) is 9.97 Å². The fourth-order valence-electron chi connectivity index (χ4n) is 3.14. The van der Waals surface area contributed by atoms with Crippen LogP contribution < -0.4 is 5.73 Å². The Morgan fingerprint density at radius 3 is 2.88 bits per heavy atom. The molecule has 24 heavy (non-hydrogen) atoms. The average molecular weight is 345 g/mol. The third-order valence-electron chi connectivity index (χ3n) is 4.42. The predicted molar refractivity (Wildman–Crippen MR) is 94.6 cm³/mol. The van der Waals surface area contributed by atoms with E-state index in [4.69, 9.17) is 5.73 Å². The summed E-state index contributed by atoms with van der Waals surface area (Å²) >= 11 is 1.60. The van der Waals surface area contributed by atoms with Gasteiger partial charge in [-0.1, -0.05) is 0 Å². The van der Waals surface area contributed by atoms with Crippen LogP contribution in [0.1, 0.15) is 35.7 Å². The summed E-state index contributed by atoms with van der Waals surface area (Å²) in [5.41, 5.74) is 7.45. The van der Waals surface area contributed by atoms with Gasteiger partial charge < -0.3 is 10.6 Å². The number of likely N-dealkylation sites (tertiary alicyclic amines) is 1. The Labute approximate surface area is 146 Å². The fourth-order valence-corrected chi connectivity index (χ4v) is 3.75. The third kappa shape index (κ3) is 4.50. The molecule has 0 spiro atoms. The maximum Gasteiger partial charge on any atom is 0.228 e. The summed E-state index contributed by atoms with van der Waals surface area (Å²) in [7, 11) is 0.